The minimum absolute atomic E-state index is 0.0665. The number of thioether (sulfide) groups is 1. The van der Waals surface area contributed by atoms with Crippen molar-refractivity contribution < 1.29 is 13.2 Å². The number of fused-ring (bicyclic) bond motifs is 1. The van der Waals surface area contributed by atoms with E-state index in [1.807, 2.05) is 6.92 Å². The third kappa shape index (κ3) is 3.88. The van der Waals surface area contributed by atoms with Crippen LogP contribution in [0, 0.1) is 22.7 Å². The Labute approximate surface area is 145 Å². The molecule has 0 aromatic carbocycles. The summed E-state index contributed by atoms with van der Waals surface area (Å²) < 4.78 is 41.3. The molecule has 1 aromatic rings. The SMILES string of the molecule is CCCSc1nc2c(c(C(F)(F)F)c1C#N)C[C@H](C(C)(C)C)CC2. The number of aromatic nitrogens is 1. The maximum atomic E-state index is 13.8. The fourth-order valence-corrected chi connectivity index (χ4v) is 4.06. The lowest BCUT2D eigenvalue weighted by atomic mass is 9.70. The normalized spacial score (nSPS) is 18.2. The van der Waals surface area contributed by atoms with Crippen LogP contribution in [0.2, 0.25) is 0 Å². The molecule has 2 nitrogen and oxygen atoms in total. The van der Waals surface area contributed by atoms with E-state index in [1.54, 1.807) is 6.07 Å². The second-order valence-electron chi connectivity index (χ2n) is 7.36. The highest BCUT2D eigenvalue weighted by Crippen LogP contribution is 2.44. The molecule has 0 N–H and O–H groups in total. The van der Waals surface area contributed by atoms with Crippen molar-refractivity contribution in [3.8, 4) is 6.07 Å². The Kier molecular flexibility index (Phi) is 5.54. The number of aryl methyl sites for hydroxylation is 1. The third-order valence-corrected chi connectivity index (χ3v) is 5.77. The molecule has 1 atom stereocenters. The van der Waals surface area contributed by atoms with E-state index in [-0.39, 0.29) is 27.5 Å². The number of nitrogens with zero attached hydrogens (tertiary/aromatic N) is 2. The molecule has 0 bridgehead atoms. The molecule has 0 saturated heterocycles. The molecule has 1 aliphatic rings. The van der Waals surface area contributed by atoms with Crippen molar-refractivity contribution in [1.29, 1.82) is 5.26 Å². The first-order valence-corrected chi connectivity index (χ1v) is 9.24. The predicted octanol–water partition coefficient (Wildman–Crippen LogP) is 5.63. The van der Waals surface area contributed by atoms with Gasteiger partial charge in [0, 0.05) is 5.69 Å². The quantitative estimate of drug-likeness (QED) is 0.659. The monoisotopic (exact) mass is 356 g/mol. The summed E-state index contributed by atoms with van der Waals surface area (Å²) in [7, 11) is 0. The molecule has 132 valence electrons. The van der Waals surface area contributed by atoms with Crippen molar-refractivity contribution in [1.82, 2.24) is 4.98 Å². The van der Waals surface area contributed by atoms with Gasteiger partial charge in [-0.05, 0) is 48.3 Å². The Hall–Kier alpha value is -1.22. The summed E-state index contributed by atoms with van der Waals surface area (Å²) in [6, 6.07) is 1.78. The van der Waals surface area contributed by atoms with Gasteiger partial charge in [0.2, 0.25) is 0 Å². The van der Waals surface area contributed by atoms with Crippen molar-refractivity contribution in [2.75, 3.05) is 5.75 Å². The van der Waals surface area contributed by atoms with Gasteiger partial charge in [-0.25, -0.2) is 4.98 Å². The van der Waals surface area contributed by atoms with Crippen LogP contribution in [-0.4, -0.2) is 10.7 Å². The van der Waals surface area contributed by atoms with E-state index in [4.69, 9.17) is 0 Å². The average Bonchev–Trinajstić information content (AvgIpc) is 2.48. The predicted molar refractivity (Wildman–Crippen MR) is 89.9 cm³/mol. The summed E-state index contributed by atoms with van der Waals surface area (Å²) >= 11 is 1.25. The van der Waals surface area contributed by atoms with E-state index >= 15 is 0 Å². The number of pyridine rings is 1. The number of alkyl halides is 3. The Morgan fingerprint density at radius 3 is 2.46 bits per heavy atom. The zero-order chi connectivity index (χ0) is 18.1. The molecule has 6 heteroatoms. The first-order valence-electron chi connectivity index (χ1n) is 8.25. The van der Waals surface area contributed by atoms with Gasteiger partial charge in [-0.3, -0.25) is 0 Å². The summed E-state index contributed by atoms with van der Waals surface area (Å²) in [5.41, 5.74) is -0.341. The summed E-state index contributed by atoms with van der Waals surface area (Å²) in [5, 5.41) is 9.62. The molecule has 0 saturated carbocycles. The van der Waals surface area contributed by atoms with Gasteiger partial charge in [-0.15, -0.1) is 11.8 Å². The van der Waals surface area contributed by atoms with Gasteiger partial charge in [0.15, 0.2) is 0 Å². The number of rotatable bonds is 3. The molecule has 1 aliphatic carbocycles. The molecule has 0 aliphatic heterocycles. The largest absolute Gasteiger partial charge is 0.418 e. The van der Waals surface area contributed by atoms with E-state index in [9.17, 15) is 18.4 Å². The topological polar surface area (TPSA) is 36.7 Å². The van der Waals surface area contributed by atoms with Crippen LogP contribution in [0.25, 0.3) is 0 Å². The van der Waals surface area contributed by atoms with Gasteiger partial charge >= 0.3 is 6.18 Å². The lowest BCUT2D eigenvalue weighted by molar-refractivity contribution is -0.139. The van der Waals surface area contributed by atoms with Gasteiger partial charge in [0.05, 0.1) is 11.1 Å². The molecule has 0 radical (unpaired) electrons. The van der Waals surface area contributed by atoms with E-state index in [0.29, 0.717) is 24.3 Å². The molecule has 1 aromatic heterocycles. The van der Waals surface area contributed by atoms with Crippen LogP contribution in [0.3, 0.4) is 0 Å². The highest BCUT2D eigenvalue weighted by molar-refractivity contribution is 7.99. The molecule has 0 spiro atoms. The van der Waals surface area contributed by atoms with Crippen LogP contribution in [-0.2, 0) is 19.0 Å². The van der Waals surface area contributed by atoms with Crippen molar-refractivity contribution in [3.63, 3.8) is 0 Å². The van der Waals surface area contributed by atoms with Crippen LogP contribution >= 0.6 is 11.8 Å². The zero-order valence-corrected chi connectivity index (χ0v) is 15.4. The molecule has 0 unspecified atom stereocenters. The summed E-state index contributed by atoms with van der Waals surface area (Å²) in [6.45, 7) is 8.12. The van der Waals surface area contributed by atoms with Crippen molar-refractivity contribution in [2.24, 2.45) is 11.3 Å². The second kappa shape index (κ2) is 6.95. The van der Waals surface area contributed by atoms with E-state index in [0.717, 1.165) is 12.8 Å². The van der Waals surface area contributed by atoms with Crippen LogP contribution < -0.4 is 0 Å². The first kappa shape index (κ1) is 19.1. The molecule has 0 fully saturated rings. The maximum Gasteiger partial charge on any atom is 0.418 e. The lowest BCUT2D eigenvalue weighted by Gasteiger charge is -2.36. The number of hydrogen-bond acceptors (Lipinski definition) is 3. The molecule has 0 amide bonds. The van der Waals surface area contributed by atoms with Crippen LogP contribution in [0.5, 0.6) is 0 Å². The first-order chi connectivity index (χ1) is 11.1. The molecule has 2 rings (SSSR count). The van der Waals surface area contributed by atoms with Gasteiger partial charge in [-0.2, -0.15) is 18.4 Å². The number of nitriles is 1. The van der Waals surface area contributed by atoms with Gasteiger partial charge in [0.1, 0.15) is 11.1 Å². The average molecular weight is 356 g/mol. The Balaban J connectivity index is 2.62. The van der Waals surface area contributed by atoms with Crippen molar-refractivity contribution in [3.05, 3.63) is 22.4 Å². The van der Waals surface area contributed by atoms with Gasteiger partial charge < -0.3 is 0 Å². The molecular weight excluding hydrogens is 333 g/mol. The zero-order valence-electron chi connectivity index (χ0n) is 14.5. The van der Waals surface area contributed by atoms with E-state index in [1.165, 1.54) is 11.8 Å². The van der Waals surface area contributed by atoms with Crippen LogP contribution in [0.15, 0.2) is 5.03 Å². The standard InChI is InChI=1S/C18H23F3N2S/c1-5-8-24-16-13(10-22)15(18(19,20)21)12-9-11(17(2,3)4)6-7-14(12)23-16/h11H,5-9H2,1-4H3/t11-/m1/s1. The number of halogens is 3. The van der Waals surface area contributed by atoms with E-state index < -0.39 is 11.7 Å². The summed E-state index contributed by atoms with van der Waals surface area (Å²) in [4.78, 5) is 4.45. The van der Waals surface area contributed by atoms with Gasteiger partial charge in [-0.1, -0.05) is 27.7 Å². The Morgan fingerprint density at radius 1 is 1.29 bits per heavy atom. The fraction of sp³-hybridized carbons (Fsp3) is 0.667. The smallest absolute Gasteiger partial charge is 0.245 e. The molecule has 1 heterocycles. The highest BCUT2D eigenvalue weighted by atomic mass is 32.2. The van der Waals surface area contributed by atoms with Crippen LogP contribution in [0.4, 0.5) is 13.2 Å². The Bertz CT molecular complexity index is 654. The Morgan fingerprint density at radius 2 is 1.96 bits per heavy atom. The summed E-state index contributed by atoms with van der Waals surface area (Å²) in [6.07, 6.45) is -1.98. The summed E-state index contributed by atoms with van der Waals surface area (Å²) in [5.74, 6) is 0.816. The number of hydrogen-bond donors (Lipinski definition) is 0. The highest BCUT2D eigenvalue weighted by Gasteiger charge is 2.42. The van der Waals surface area contributed by atoms with E-state index in [2.05, 4.69) is 25.8 Å². The minimum Gasteiger partial charge on any atom is -0.245 e. The maximum absolute atomic E-state index is 13.8. The minimum atomic E-state index is -4.53. The molecule has 24 heavy (non-hydrogen) atoms. The van der Waals surface area contributed by atoms with Crippen molar-refractivity contribution >= 4 is 11.8 Å². The lowest BCUT2D eigenvalue weighted by Crippen LogP contribution is -2.30. The van der Waals surface area contributed by atoms with Gasteiger partial charge in [0.25, 0.3) is 0 Å². The van der Waals surface area contributed by atoms with Crippen LogP contribution in [0.1, 0.15) is 62.9 Å². The molecular formula is C18H23F3N2S. The fourth-order valence-electron chi connectivity index (χ4n) is 3.19. The third-order valence-electron chi connectivity index (χ3n) is 4.59. The van der Waals surface area contributed by atoms with Crippen molar-refractivity contribution in [2.45, 2.75) is 64.6 Å². The second-order valence-corrected chi connectivity index (χ2v) is 8.44.